The highest BCUT2D eigenvalue weighted by atomic mass is 16.5. The van der Waals surface area contributed by atoms with Crippen LogP contribution in [0, 0.1) is 0 Å². The van der Waals surface area contributed by atoms with Gasteiger partial charge in [-0.05, 0) is 104 Å². The zero-order valence-electron chi connectivity index (χ0n) is 28.8. The normalized spacial score (nSPS) is 17.6. The summed E-state index contributed by atoms with van der Waals surface area (Å²) in [5.41, 5.74) is 15.0. The molecular formula is C49H37NO. The fourth-order valence-corrected chi connectivity index (χ4v) is 8.82. The molecule has 0 radical (unpaired) electrons. The van der Waals surface area contributed by atoms with E-state index in [-0.39, 0.29) is 17.4 Å². The lowest BCUT2D eigenvalue weighted by molar-refractivity contribution is 0.272. The Balaban J connectivity index is 1.05. The molecule has 0 amide bonds. The smallest absolute Gasteiger partial charge is 0.128 e. The predicted molar refractivity (Wildman–Crippen MR) is 212 cm³/mol. The third-order valence-corrected chi connectivity index (χ3v) is 11.2. The number of rotatable bonds is 5. The van der Waals surface area contributed by atoms with Gasteiger partial charge in [-0.25, -0.2) is 0 Å². The maximum Gasteiger partial charge on any atom is 0.128 e. The molecule has 0 fully saturated rings. The van der Waals surface area contributed by atoms with Crippen LogP contribution in [0.1, 0.15) is 42.0 Å². The average Bonchev–Trinajstić information content (AvgIpc) is 3.68. The number of ether oxygens (including phenoxy) is 1. The zero-order valence-corrected chi connectivity index (χ0v) is 28.8. The van der Waals surface area contributed by atoms with Gasteiger partial charge in [-0.15, -0.1) is 0 Å². The summed E-state index contributed by atoms with van der Waals surface area (Å²) in [5.74, 6) is 1.09. The van der Waals surface area contributed by atoms with Crippen LogP contribution in [0.4, 0.5) is 17.1 Å². The molecule has 7 aromatic carbocycles. The van der Waals surface area contributed by atoms with E-state index in [9.17, 15) is 0 Å². The Hall–Kier alpha value is -6.12. The molecule has 2 aliphatic carbocycles. The summed E-state index contributed by atoms with van der Waals surface area (Å²) in [5, 5.41) is 2.52. The van der Waals surface area contributed by atoms with Crippen molar-refractivity contribution in [1.82, 2.24) is 0 Å². The molecule has 0 saturated heterocycles. The van der Waals surface area contributed by atoms with Gasteiger partial charge in [0.05, 0.1) is 5.92 Å². The molecule has 2 heteroatoms. The van der Waals surface area contributed by atoms with E-state index in [2.05, 4.69) is 195 Å². The Morgan fingerprint density at radius 1 is 0.529 bits per heavy atom. The summed E-state index contributed by atoms with van der Waals surface area (Å²) in [7, 11) is 0. The van der Waals surface area contributed by atoms with Gasteiger partial charge in [-0.1, -0.05) is 141 Å². The van der Waals surface area contributed by atoms with Gasteiger partial charge >= 0.3 is 0 Å². The first-order valence-corrected chi connectivity index (χ1v) is 17.9. The molecule has 1 aliphatic heterocycles. The molecule has 0 bridgehead atoms. The number of benzene rings is 7. The summed E-state index contributed by atoms with van der Waals surface area (Å²) in [4.78, 5) is 2.38. The minimum atomic E-state index is -0.0721. The number of hydrogen-bond donors (Lipinski definition) is 0. The summed E-state index contributed by atoms with van der Waals surface area (Å²) < 4.78 is 6.75. The fourth-order valence-electron chi connectivity index (χ4n) is 8.82. The van der Waals surface area contributed by atoms with E-state index in [0.717, 1.165) is 22.8 Å². The minimum Gasteiger partial charge on any atom is -0.485 e. The number of allylic oxidation sites excluding steroid dienone is 2. The number of fused-ring (bicyclic) bond motifs is 8. The van der Waals surface area contributed by atoms with E-state index >= 15 is 0 Å². The molecule has 244 valence electrons. The highest BCUT2D eigenvalue weighted by Gasteiger charge is 2.39. The van der Waals surface area contributed by atoms with E-state index in [1.807, 2.05) is 0 Å². The Bertz CT molecular complexity index is 2530. The molecule has 2 unspecified atom stereocenters. The second-order valence-corrected chi connectivity index (χ2v) is 14.4. The Morgan fingerprint density at radius 3 is 1.98 bits per heavy atom. The summed E-state index contributed by atoms with van der Waals surface area (Å²) in [6, 6.07) is 57.4. The summed E-state index contributed by atoms with van der Waals surface area (Å²) in [6.07, 6.45) is 6.61. The van der Waals surface area contributed by atoms with Crippen LogP contribution >= 0.6 is 0 Å². The molecule has 7 aromatic rings. The molecule has 3 aliphatic rings. The first kappa shape index (κ1) is 29.8. The fraction of sp³-hybridized carbons (Fsp3) is 0.102. The predicted octanol–water partition coefficient (Wildman–Crippen LogP) is 12.8. The van der Waals surface area contributed by atoms with Crippen molar-refractivity contribution in [2.45, 2.75) is 31.3 Å². The van der Waals surface area contributed by atoms with Gasteiger partial charge < -0.3 is 9.64 Å². The maximum absolute atomic E-state index is 6.75. The monoisotopic (exact) mass is 655 g/mol. The highest BCUT2D eigenvalue weighted by molar-refractivity contribution is 6.02. The quantitative estimate of drug-likeness (QED) is 0.183. The van der Waals surface area contributed by atoms with Gasteiger partial charge in [-0.3, -0.25) is 0 Å². The van der Waals surface area contributed by atoms with E-state index in [0.29, 0.717) is 0 Å². The van der Waals surface area contributed by atoms with Crippen LogP contribution < -0.4 is 9.64 Å². The molecule has 10 rings (SSSR count). The maximum atomic E-state index is 6.75. The first-order chi connectivity index (χ1) is 25.1. The molecule has 1 heterocycles. The number of nitrogens with zero attached hydrogens (tertiary/aromatic N) is 1. The third-order valence-electron chi connectivity index (χ3n) is 11.2. The van der Waals surface area contributed by atoms with Crippen molar-refractivity contribution in [1.29, 1.82) is 0 Å². The number of hydrogen-bond acceptors (Lipinski definition) is 2. The Kier molecular flexibility index (Phi) is 6.69. The summed E-state index contributed by atoms with van der Waals surface area (Å²) in [6.45, 7) is 4.69. The van der Waals surface area contributed by atoms with Gasteiger partial charge in [0.25, 0.3) is 0 Å². The first-order valence-electron chi connectivity index (χ1n) is 17.9. The Labute approximate surface area is 299 Å². The van der Waals surface area contributed by atoms with Gasteiger partial charge in [0.1, 0.15) is 11.9 Å². The standard InChI is InChI=1S/C49H37NO/c1-49(2)43-22-12-11-19-39(43)40-29-28-36(30-44(40)49)50(34-16-7-4-8-17-34)35-26-24-33(25-27-35)37-21-13-23-45-47(37)48-41-20-10-9-18-38(41)42(31-46(48)51-45)32-14-5-3-6-15-32/h3-31,45,47H,1-2H3. The van der Waals surface area contributed by atoms with Crippen molar-refractivity contribution in [2.75, 3.05) is 4.90 Å². The van der Waals surface area contributed by atoms with Crippen molar-refractivity contribution < 1.29 is 4.74 Å². The molecule has 0 N–H and O–H groups in total. The topological polar surface area (TPSA) is 12.5 Å². The zero-order chi connectivity index (χ0) is 34.1. The van der Waals surface area contributed by atoms with E-state index in [1.165, 1.54) is 60.9 Å². The largest absolute Gasteiger partial charge is 0.485 e. The van der Waals surface area contributed by atoms with Gasteiger partial charge in [0.15, 0.2) is 0 Å². The molecule has 2 nitrogen and oxygen atoms in total. The van der Waals surface area contributed by atoms with Gasteiger partial charge in [0, 0.05) is 28.0 Å². The second-order valence-electron chi connectivity index (χ2n) is 14.4. The van der Waals surface area contributed by atoms with Crippen molar-refractivity contribution in [3.63, 3.8) is 0 Å². The average molecular weight is 656 g/mol. The van der Waals surface area contributed by atoms with E-state index in [1.54, 1.807) is 0 Å². The van der Waals surface area contributed by atoms with Crippen molar-refractivity contribution in [3.05, 3.63) is 198 Å². The van der Waals surface area contributed by atoms with Crippen molar-refractivity contribution >= 4 is 33.4 Å². The van der Waals surface area contributed by atoms with Crippen LogP contribution in [0.2, 0.25) is 0 Å². The second kappa shape index (κ2) is 11.5. The molecule has 0 aromatic heterocycles. The van der Waals surface area contributed by atoms with Crippen molar-refractivity contribution in [3.8, 4) is 28.0 Å². The van der Waals surface area contributed by atoms with E-state index < -0.39 is 0 Å². The van der Waals surface area contributed by atoms with Crippen LogP contribution in [-0.4, -0.2) is 6.10 Å². The van der Waals surface area contributed by atoms with Crippen LogP contribution in [0.25, 0.3) is 38.6 Å². The minimum absolute atomic E-state index is 0.0474. The molecule has 0 spiro atoms. The number of para-hydroxylation sites is 1. The highest BCUT2D eigenvalue weighted by Crippen LogP contribution is 2.54. The van der Waals surface area contributed by atoms with Crippen molar-refractivity contribution in [2.24, 2.45) is 0 Å². The SMILES string of the molecule is CC1(C)c2ccccc2-c2ccc(N(c3ccccc3)c3ccc(C4=CC=CC5Oc6cc(-c7ccccc7)c7ccccc7c6C45)cc3)cc21. The number of anilines is 3. The lowest BCUT2D eigenvalue weighted by atomic mass is 9.79. The van der Waals surface area contributed by atoms with Gasteiger partial charge in [-0.2, -0.15) is 0 Å². The van der Waals surface area contributed by atoms with Crippen LogP contribution in [0.15, 0.2) is 176 Å². The van der Waals surface area contributed by atoms with Crippen LogP contribution in [0.5, 0.6) is 5.75 Å². The molecular weight excluding hydrogens is 619 g/mol. The summed E-state index contributed by atoms with van der Waals surface area (Å²) >= 11 is 0. The van der Waals surface area contributed by atoms with Gasteiger partial charge in [0.2, 0.25) is 0 Å². The van der Waals surface area contributed by atoms with E-state index in [4.69, 9.17) is 4.74 Å². The third kappa shape index (κ3) is 4.63. The Morgan fingerprint density at radius 2 is 1.18 bits per heavy atom. The van der Waals surface area contributed by atoms with Crippen LogP contribution in [0.3, 0.4) is 0 Å². The van der Waals surface area contributed by atoms with Crippen LogP contribution in [-0.2, 0) is 5.41 Å². The molecule has 51 heavy (non-hydrogen) atoms. The molecule has 2 atom stereocenters. The molecule has 0 saturated carbocycles. The lowest BCUT2D eigenvalue weighted by Gasteiger charge is -2.29. The lowest BCUT2D eigenvalue weighted by Crippen LogP contribution is -2.19.